The van der Waals surface area contributed by atoms with E-state index in [0.29, 0.717) is 5.75 Å². The lowest BCUT2D eigenvalue weighted by molar-refractivity contribution is 0.0908. The molecule has 0 radical (unpaired) electrons. The van der Waals surface area contributed by atoms with E-state index >= 15 is 0 Å². The Hall–Kier alpha value is -0.180. The number of thioether (sulfide) groups is 1. The average Bonchev–Trinajstić information content (AvgIpc) is 2.24. The van der Waals surface area contributed by atoms with E-state index in [1.54, 1.807) is 0 Å². The van der Waals surface area contributed by atoms with Gasteiger partial charge in [0.1, 0.15) is 4.90 Å². The van der Waals surface area contributed by atoms with Crippen molar-refractivity contribution in [2.75, 3.05) is 24.3 Å². The molecule has 0 saturated carbocycles. The highest BCUT2D eigenvalue weighted by atomic mass is 35.5. The molecule has 20 heavy (non-hydrogen) atoms. The Balaban J connectivity index is 3.01. The molecule has 0 amide bonds. The second kappa shape index (κ2) is 6.72. The van der Waals surface area contributed by atoms with Crippen LogP contribution in [-0.2, 0) is 10.0 Å². The molecule has 0 fully saturated rings. The number of anilines is 1. The molecule has 0 aliphatic rings. The van der Waals surface area contributed by atoms with E-state index in [4.69, 9.17) is 28.9 Å². The molecule has 9 heteroatoms. The zero-order valence-corrected chi connectivity index (χ0v) is 14.1. The predicted octanol–water partition coefficient (Wildman–Crippen LogP) is 1.97. The van der Waals surface area contributed by atoms with Crippen LogP contribution in [0.2, 0.25) is 10.0 Å². The number of rotatable bonds is 6. The van der Waals surface area contributed by atoms with Crippen LogP contribution < -0.4 is 10.5 Å². The van der Waals surface area contributed by atoms with Crippen molar-refractivity contribution in [2.45, 2.75) is 17.4 Å². The summed E-state index contributed by atoms with van der Waals surface area (Å²) in [6, 6.07) is 2.62. The summed E-state index contributed by atoms with van der Waals surface area (Å²) < 4.78 is 26.7. The van der Waals surface area contributed by atoms with Crippen molar-refractivity contribution in [2.24, 2.45) is 0 Å². The van der Waals surface area contributed by atoms with Crippen LogP contribution in [0.5, 0.6) is 0 Å². The molecule has 0 aromatic heterocycles. The fourth-order valence-electron chi connectivity index (χ4n) is 1.52. The first-order chi connectivity index (χ1) is 9.09. The normalized spacial score (nSPS) is 15.1. The average molecular weight is 359 g/mol. The molecular weight excluding hydrogens is 343 g/mol. The minimum atomic E-state index is -3.93. The lowest BCUT2D eigenvalue weighted by atomic mass is 10.1. The van der Waals surface area contributed by atoms with Crippen molar-refractivity contribution in [1.29, 1.82) is 0 Å². The summed E-state index contributed by atoms with van der Waals surface area (Å²) in [7, 11) is -3.93. The highest BCUT2D eigenvalue weighted by Crippen LogP contribution is 2.31. The number of hydrogen-bond acceptors (Lipinski definition) is 5. The molecule has 4 N–H and O–H groups in total. The maximum Gasteiger partial charge on any atom is 0.243 e. The highest BCUT2D eigenvalue weighted by Gasteiger charge is 2.27. The van der Waals surface area contributed by atoms with E-state index in [9.17, 15) is 13.5 Å². The summed E-state index contributed by atoms with van der Waals surface area (Å²) in [5.41, 5.74) is 4.63. The highest BCUT2D eigenvalue weighted by molar-refractivity contribution is 7.98. The van der Waals surface area contributed by atoms with E-state index < -0.39 is 15.6 Å². The number of nitrogens with one attached hydrogen (secondary N) is 1. The van der Waals surface area contributed by atoms with Gasteiger partial charge in [-0.3, -0.25) is 0 Å². The molecule has 0 heterocycles. The molecule has 1 aromatic carbocycles. The monoisotopic (exact) mass is 358 g/mol. The molecule has 1 atom stereocenters. The third-order valence-electron chi connectivity index (χ3n) is 2.39. The Morgan fingerprint density at radius 1 is 1.40 bits per heavy atom. The van der Waals surface area contributed by atoms with Crippen LogP contribution >= 0.6 is 35.0 Å². The summed E-state index contributed by atoms with van der Waals surface area (Å²) in [6.45, 7) is 1.39. The smallest absolute Gasteiger partial charge is 0.243 e. The predicted molar refractivity (Wildman–Crippen MR) is 85.1 cm³/mol. The van der Waals surface area contributed by atoms with Gasteiger partial charge in [0.2, 0.25) is 10.0 Å². The Kier molecular flexibility index (Phi) is 6.01. The standard InChI is InChI=1S/C11H16Cl2N2O3S2/c1-11(16,6-19-2)5-15-20(17,18)10-8(12)3-7(14)4-9(10)13/h3-4,15-16H,5-6,14H2,1-2H3. The van der Waals surface area contributed by atoms with Crippen molar-refractivity contribution in [1.82, 2.24) is 4.72 Å². The van der Waals surface area contributed by atoms with Gasteiger partial charge >= 0.3 is 0 Å². The van der Waals surface area contributed by atoms with E-state index in [1.807, 2.05) is 6.26 Å². The fourth-order valence-corrected chi connectivity index (χ4v) is 4.63. The largest absolute Gasteiger partial charge is 0.399 e. The van der Waals surface area contributed by atoms with Gasteiger partial charge in [-0.25, -0.2) is 13.1 Å². The van der Waals surface area contributed by atoms with E-state index in [0.717, 1.165) is 0 Å². The summed E-state index contributed by atoms with van der Waals surface area (Å²) in [4.78, 5) is -0.241. The van der Waals surface area contributed by atoms with Crippen molar-refractivity contribution in [3.8, 4) is 0 Å². The van der Waals surface area contributed by atoms with Crippen molar-refractivity contribution >= 4 is 50.7 Å². The lowest BCUT2D eigenvalue weighted by Gasteiger charge is -2.22. The van der Waals surface area contributed by atoms with Crippen LogP contribution in [0.25, 0.3) is 0 Å². The fraction of sp³-hybridized carbons (Fsp3) is 0.455. The molecule has 5 nitrogen and oxygen atoms in total. The quantitative estimate of drug-likeness (QED) is 0.676. The third-order valence-corrected chi connectivity index (χ3v) is 5.62. The Bertz CT molecular complexity index is 568. The topological polar surface area (TPSA) is 92.4 Å². The minimum Gasteiger partial charge on any atom is -0.399 e. The molecule has 0 aliphatic heterocycles. The molecule has 1 aromatic rings. The number of nitrogen functional groups attached to an aromatic ring is 1. The van der Waals surface area contributed by atoms with Gasteiger partial charge in [-0.1, -0.05) is 23.2 Å². The number of halogens is 2. The first kappa shape index (κ1) is 17.9. The van der Waals surface area contributed by atoms with Gasteiger partial charge in [-0.05, 0) is 25.3 Å². The number of benzene rings is 1. The molecular formula is C11H16Cl2N2O3S2. The molecule has 0 spiro atoms. The van der Waals surface area contributed by atoms with E-state index in [1.165, 1.54) is 30.8 Å². The zero-order valence-electron chi connectivity index (χ0n) is 11.0. The summed E-state index contributed by atoms with van der Waals surface area (Å²) in [5, 5.41) is 9.85. The maximum absolute atomic E-state index is 12.2. The van der Waals surface area contributed by atoms with Crippen LogP contribution in [0.4, 0.5) is 5.69 Å². The lowest BCUT2D eigenvalue weighted by Crippen LogP contribution is -2.42. The number of hydrogen-bond donors (Lipinski definition) is 3. The van der Waals surface area contributed by atoms with Crippen LogP contribution in [-0.4, -0.2) is 37.7 Å². The van der Waals surface area contributed by atoms with E-state index in [-0.39, 0.29) is 27.2 Å². The molecule has 0 bridgehead atoms. The molecule has 1 unspecified atom stereocenters. The first-order valence-corrected chi connectivity index (χ1v) is 9.18. The minimum absolute atomic E-state index is 0.0630. The van der Waals surface area contributed by atoms with Crippen molar-refractivity contribution in [3.63, 3.8) is 0 Å². The second-order valence-electron chi connectivity index (χ2n) is 4.57. The van der Waals surface area contributed by atoms with Crippen LogP contribution in [0.1, 0.15) is 6.92 Å². The molecule has 0 aliphatic carbocycles. The van der Waals surface area contributed by atoms with Gasteiger partial charge in [0, 0.05) is 18.0 Å². The molecule has 114 valence electrons. The van der Waals surface area contributed by atoms with Gasteiger partial charge in [-0.2, -0.15) is 11.8 Å². The van der Waals surface area contributed by atoms with Crippen molar-refractivity contribution < 1.29 is 13.5 Å². The van der Waals surface area contributed by atoms with E-state index in [2.05, 4.69) is 4.72 Å². The SMILES string of the molecule is CSCC(C)(O)CNS(=O)(=O)c1c(Cl)cc(N)cc1Cl. The summed E-state index contributed by atoms with van der Waals surface area (Å²) in [5.74, 6) is 0.388. The van der Waals surface area contributed by atoms with Gasteiger partial charge in [0.15, 0.2) is 0 Å². The van der Waals surface area contributed by atoms with Gasteiger partial charge in [0.25, 0.3) is 0 Å². The zero-order chi connectivity index (χ0) is 15.6. The summed E-state index contributed by atoms with van der Waals surface area (Å²) in [6.07, 6.45) is 1.82. The summed E-state index contributed by atoms with van der Waals surface area (Å²) >= 11 is 13.2. The van der Waals surface area contributed by atoms with Crippen LogP contribution in [0, 0.1) is 0 Å². The van der Waals surface area contributed by atoms with Crippen molar-refractivity contribution in [3.05, 3.63) is 22.2 Å². The molecule has 1 rings (SSSR count). The number of aliphatic hydroxyl groups is 1. The maximum atomic E-state index is 12.2. The number of nitrogens with two attached hydrogens (primary N) is 1. The third kappa shape index (κ3) is 4.68. The Morgan fingerprint density at radius 2 is 1.90 bits per heavy atom. The van der Waals surface area contributed by atoms with Gasteiger partial charge < -0.3 is 10.8 Å². The Labute approximate surface area is 132 Å². The van der Waals surface area contributed by atoms with Gasteiger partial charge in [-0.15, -0.1) is 0 Å². The first-order valence-electron chi connectivity index (χ1n) is 5.54. The number of sulfonamides is 1. The molecule has 0 saturated heterocycles. The second-order valence-corrected chi connectivity index (χ2v) is 7.95. The van der Waals surface area contributed by atoms with Gasteiger partial charge in [0.05, 0.1) is 15.6 Å². The van der Waals surface area contributed by atoms with Crippen LogP contribution in [0.3, 0.4) is 0 Å². The Morgan fingerprint density at radius 3 is 2.35 bits per heavy atom. The van der Waals surface area contributed by atoms with Crippen LogP contribution in [0.15, 0.2) is 17.0 Å².